The van der Waals surface area contributed by atoms with E-state index in [9.17, 15) is 8.78 Å². The predicted octanol–water partition coefficient (Wildman–Crippen LogP) is 3.51. The second-order valence-corrected chi connectivity index (χ2v) is 5.41. The standard InChI is InChI=1S/C14H16F2N2O/c1-14(2,3)17-8-10-7-13(19-18-10)11-6-9(15)4-5-12(11)16/h4-7,17H,8H2,1-3H3. The van der Waals surface area contributed by atoms with Crippen molar-refractivity contribution in [2.45, 2.75) is 32.9 Å². The molecular formula is C14H16F2N2O. The van der Waals surface area contributed by atoms with Crippen LogP contribution in [0.3, 0.4) is 0 Å². The van der Waals surface area contributed by atoms with Crippen LogP contribution in [0, 0.1) is 11.6 Å². The molecule has 0 aliphatic rings. The normalized spacial score (nSPS) is 11.8. The van der Waals surface area contributed by atoms with Crippen LogP contribution >= 0.6 is 0 Å². The number of halogens is 2. The summed E-state index contributed by atoms with van der Waals surface area (Å²) in [4.78, 5) is 0. The average Bonchev–Trinajstić information content (AvgIpc) is 2.77. The van der Waals surface area contributed by atoms with Crippen LogP contribution in [0.4, 0.5) is 8.78 Å². The van der Waals surface area contributed by atoms with Crippen molar-refractivity contribution in [3.63, 3.8) is 0 Å². The van der Waals surface area contributed by atoms with Crippen LogP contribution in [0.2, 0.25) is 0 Å². The molecule has 0 spiro atoms. The highest BCUT2D eigenvalue weighted by molar-refractivity contribution is 5.58. The Morgan fingerprint density at radius 3 is 2.63 bits per heavy atom. The lowest BCUT2D eigenvalue weighted by molar-refractivity contribution is 0.391. The van der Waals surface area contributed by atoms with Gasteiger partial charge in [0.05, 0.1) is 11.3 Å². The second kappa shape index (κ2) is 5.09. The Labute approximate surface area is 110 Å². The highest BCUT2D eigenvalue weighted by atomic mass is 19.1. The van der Waals surface area contributed by atoms with Crippen molar-refractivity contribution in [1.82, 2.24) is 10.5 Å². The zero-order valence-electron chi connectivity index (χ0n) is 11.1. The van der Waals surface area contributed by atoms with E-state index in [1.807, 2.05) is 20.8 Å². The first-order valence-corrected chi connectivity index (χ1v) is 6.01. The molecule has 0 aliphatic heterocycles. The van der Waals surface area contributed by atoms with Crippen LogP contribution in [0.5, 0.6) is 0 Å². The number of hydrogen-bond donors (Lipinski definition) is 1. The van der Waals surface area contributed by atoms with Gasteiger partial charge in [0.25, 0.3) is 0 Å². The maximum atomic E-state index is 13.6. The number of nitrogens with one attached hydrogen (secondary N) is 1. The van der Waals surface area contributed by atoms with Gasteiger partial charge >= 0.3 is 0 Å². The van der Waals surface area contributed by atoms with Crippen molar-refractivity contribution in [2.24, 2.45) is 0 Å². The highest BCUT2D eigenvalue weighted by Crippen LogP contribution is 2.24. The number of aromatic nitrogens is 1. The summed E-state index contributed by atoms with van der Waals surface area (Å²) in [5.41, 5.74) is 0.673. The first kappa shape index (κ1) is 13.7. The molecular weight excluding hydrogens is 250 g/mol. The average molecular weight is 266 g/mol. The van der Waals surface area contributed by atoms with Crippen LogP contribution < -0.4 is 5.32 Å². The van der Waals surface area contributed by atoms with Crippen molar-refractivity contribution >= 4 is 0 Å². The van der Waals surface area contributed by atoms with E-state index in [1.54, 1.807) is 6.07 Å². The molecule has 2 aromatic rings. The summed E-state index contributed by atoms with van der Waals surface area (Å²) in [5.74, 6) is -0.822. The maximum Gasteiger partial charge on any atom is 0.170 e. The van der Waals surface area contributed by atoms with Gasteiger partial charge in [-0.1, -0.05) is 5.16 Å². The zero-order chi connectivity index (χ0) is 14.0. The van der Waals surface area contributed by atoms with E-state index in [1.165, 1.54) is 0 Å². The van der Waals surface area contributed by atoms with E-state index in [0.29, 0.717) is 12.2 Å². The van der Waals surface area contributed by atoms with Gasteiger partial charge in [-0.3, -0.25) is 0 Å². The lowest BCUT2D eigenvalue weighted by Gasteiger charge is -2.19. The topological polar surface area (TPSA) is 38.1 Å². The van der Waals surface area contributed by atoms with Crippen molar-refractivity contribution < 1.29 is 13.3 Å². The molecule has 0 amide bonds. The summed E-state index contributed by atoms with van der Waals surface area (Å²) in [7, 11) is 0. The number of hydrogen-bond acceptors (Lipinski definition) is 3. The lowest BCUT2D eigenvalue weighted by atomic mass is 10.1. The third kappa shape index (κ3) is 3.61. The molecule has 0 fully saturated rings. The summed E-state index contributed by atoms with van der Waals surface area (Å²) in [6.45, 7) is 6.59. The minimum Gasteiger partial charge on any atom is -0.356 e. The Morgan fingerprint density at radius 1 is 1.21 bits per heavy atom. The molecule has 0 radical (unpaired) electrons. The van der Waals surface area contributed by atoms with Gasteiger partial charge < -0.3 is 9.84 Å². The summed E-state index contributed by atoms with van der Waals surface area (Å²) < 4.78 is 31.7. The van der Waals surface area contributed by atoms with E-state index < -0.39 is 11.6 Å². The van der Waals surface area contributed by atoms with Gasteiger partial charge in [0.1, 0.15) is 11.6 Å². The predicted molar refractivity (Wildman–Crippen MR) is 68.4 cm³/mol. The molecule has 102 valence electrons. The maximum absolute atomic E-state index is 13.6. The first-order chi connectivity index (χ1) is 8.85. The Kier molecular flexibility index (Phi) is 3.66. The molecule has 5 heteroatoms. The molecule has 1 N–H and O–H groups in total. The van der Waals surface area contributed by atoms with Gasteiger partial charge in [-0.2, -0.15) is 0 Å². The minimum absolute atomic E-state index is 0.0524. The largest absolute Gasteiger partial charge is 0.356 e. The van der Waals surface area contributed by atoms with Crippen molar-refractivity contribution in [2.75, 3.05) is 0 Å². The fourth-order valence-corrected chi connectivity index (χ4v) is 1.56. The fraction of sp³-hybridized carbons (Fsp3) is 0.357. The van der Waals surface area contributed by atoms with E-state index in [0.717, 1.165) is 18.2 Å². The van der Waals surface area contributed by atoms with E-state index in [-0.39, 0.29) is 16.9 Å². The van der Waals surface area contributed by atoms with Gasteiger partial charge in [-0.15, -0.1) is 0 Å². The highest BCUT2D eigenvalue weighted by Gasteiger charge is 2.14. The van der Waals surface area contributed by atoms with Gasteiger partial charge in [-0.25, -0.2) is 8.78 Å². The number of nitrogens with zero attached hydrogens (tertiary/aromatic N) is 1. The van der Waals surface area contributed by atoms with E-state index >= 15 is 0 Å². The second-order valence-electron chi connectivity index (χ2n) is 5.41. The first-order valence-electron chi connectivity index (χ1n) is 6.01. The quantitative estimate of drug-likeness (QED) is 0.923. The zero-order valence-corrected chi connectivity index (χ0v) is 11.1. The molecule has 0 aliphatic carbocycles. The molecule has 2 rings (SSSR count). The molecule has 0 saturated carbocycles. The van der Waals surface area contributed by atoms with Crippen molar-refractivity contribution in [1.29, 1.82) is 0 Å². The molecule has 3 nitrogen and oxygen atoms in total. The van der Waals surface area contributed by atoms with Crippen LogP contribution in [0.25, 0.3) is 11.3 Å². The Balaban J connectivity index is 2.19. The number of benzene rings is 1. The van der Waals surface area contributed by atoms with Crippen molar-refractivity contribution in [3.8, 4) is 11.3 Å². The molecule has 1 aromatic carbocycles. The molecule has 0 bridgehead atoms. The summed E-state index contributed by atoms with van der Waals surface area (Å²) in [6, 6.07) is 4.84. The van der Waals surface area contributed by atoms with Crippen LogP contribution in [-0.2, 0) is 6.54 Å². The molecule has 0 unspecified atom stereocenters. The molecule has 1 aromatic heterocycles. The molecule has 19 heavy (non-hydrogen) atoms. The van der Waals surface area contributed by atoms with Crippen LogP contribution in [0.1, 0.15) is 26.5 Å². The van der Waals surface area contributed by atoms with Gasteiger partial charge in [0, 0.05) is 18.2 Å². The Morgan fingerprint density at radius 2 is 1.95 bits per heavy atom. The molecule has 1 heterocycles. The third-order valence-corrected chi connectivity index (χ3v) is 2.55. The Bertz CT molecular complexity index is 573. The van der Waals surface area contributed by atoms with E-state index in [2.05, 4.69) is 10.5 Å². The summed E-state index contributed by atoms with van der Waals surface area (Å²) >= 11 is 0. The van der Waals surface area contributed by atoms with Crippen molar-refractivity contribution in [3.05, 3.63) is 41.6 Å². The van der Waals surface area contributed by atoms with E-state index in [4.69, 9.17) is 4.52 Å². The summed E-state index contributed by atoms with van der Waals surface area (Å²) in [5, 5.41) is 7.08. The smallest absolute Gasteiger partial charge is 0.170 e. The van der Waals surface area contributed by atoms with Gasteiger partial charge in [-0.05, 0) is 39.0 Å². The number of rotatable bonds is 3. The third-order valence-electron chi connectivity index (χ3n) is 2.55. The lowest BCUT2D eigenvalue weighted by Crippen LogP contribution is -2.35. The van der Waals surface area contributed by atoms with Gasteiger partial charge in [0.15, 0.2) is 5.76 Å². The fourth-order valence-electron chi connectivity index (χ4n) is 1.56. The van der Waals surface area contributed by atoms with Crippen LogP contribution in [-0.4, -0.2) is 10.7 Å². The summed E-state index contributed by atoms with van der Waals surface area (Å²) in [6.07, 6.45) is 0. The Hall–Kier alpha value is -1.75. The van der Waals surface area contributed by atoms with Crippen LogP contribution in [0.15, 0.2) is 28.8 Å². The molecule has 0 saturated heterocycles. The van der Waals surface area contributed by atoms with Gasteiger partial charge in [0.2, 0.25) is 0 Å². The SMILES string of the molecule is CC(C)(C)NCc1cc(-c2cc(F)ccc2F)on1. The molecule has 0 atom stereocenters. The monoisotopic (exact) mass is 266 g/mol. The minimum atomic E-state index is -0.534.